The molecule has 0 saturated heterocycles. The number of hydrogen-bond acceptors (Lipinski definition) is 7. The molecule has 0 radical (unpaired) electrons. The maximum atomic E-state index is 13.1. The van der Waals surface area contributed by atoms with E-state index >= 15 is 0 Å². The first-order valence-electron chi connectivity index (χ1n) is 11.0. The third-order valence-electron chi connectivity index (χ3n) is 5.92. The van der Waals surface area contributed by atoms with Crippen molar-refractivity contribution in [3.63, 3.8) is 0 Å². The molecule has 0 fully saturated rings. The Morgan fingerprint density at radius 3 is 2.75 bits per heavy atom. The normalized spacial score (nSPS) is 22.3. The Morgan fingerprint density at radius 1 is 1.16 bits per heavy atom. The second kappa shape index (κ2) is 9.69. The van der Waals surface area contributed by atoms with Gasteiger partial charge in [0.25, 0.3) is 0 Å². The van der Waals surface area contributed by atoms with Gasteiger partial charge >= 0.3 is 11.9 Å². The summed E-state index contributed by atoms with van der Waals surface area (Å²) < 4.78 is 11.1. The molecule has 0 spiro atoms. The SMILES string of the molecule is C[C@H]1CCCC(=O)CCCC=Cc2cc3c(c(O)c2C(=O)O1)[C@@H](c1ccsc1)CC(=O)O3. The van der Waals surface area contributed by atoms with E-state index in [1.807, 2.05) is 22.9 Å². The Bertz CT molecular complexity index is 1050. The average Bonchev–Trinajstić information content (AvgIpc) is 3.27. The fourth-order valence-electron chi connectivity index (χ4n) is 4.28. The van der Waals surface area contributed by atoms with E-state index in [1.165, 1.54) is 11.3 Å². The number of thiophene rings is 1. The highest BCUT2D eigenvalue weighted by molar-refractivity contribution is 7.08. The summed E-state index contributed by atoms with van der Waals surface area (Å²) in [4.78, 5) is 37.4. The van der Waals surface area contributed by atoms with E-state index in [4.69, 9.17) is 9.47 Å². The summed E-state index contributed by atoms with van der Waals surface area (Å²) in [6.45, 7) is 1.79. The molecule has 0 saturated carbocycles. The van der Waals surface area contributed by atoms with Gasteiger partial charge in [0.05, 0.1) is 12.5 Å². The first-order valence-corrected chi connectivity index (χ1v) is 11.9. The molecule has 0 bridgehead atoms. The van der Waals surface area contributed by atoms with Gasteiger partial charge in [-0.05, 0) is 66.6 Å². The summed E-state index contributed by atoms with van der Waals surface area (Å²) in [5, 5.41) is 15.1. The van der Waals surface area contributed by atoms with Crippen LogP contribution in [0.15, 0.2) is 29.0 Å². The molecule has 2 aromatic rings. The molecule has 7 heteroatoms. The number of carbonyl (C=O) groups is 3. The monoisotopic (exact) mass is 454 g/mol. The van der Waals surface area contributed by atoms with E-state index in [0.29, 0.717) is 43.2 Å². The summed E-state index contributed by atoms with van der Waals surface area (Å²) in [7, 11) is 0. The second-order valence-electron chi connectivity index (χ2n) is 8.33. The number of phenols is 1. The molecule has 1 aromatic carbocycles. The summed E-state index contributed by atoms with van der Waals surface area (Å²) in [5.74, 6) is -1.13. The third-order valence-corrected chi connectivity index (χ3v) is 6.63. The standard InChI is InChI=1S/C25H26O6S/c1-15-6-5-9-18(26)8-4-2-3-7-16-12-20-23(24(28)22(16)25(29)30-15)19(13-21(27)31-20)17-10-11-32-14-17/h3,7,10-12,14-15,19,28H,2,4-6,8-9,13H2,1H3/t15-,19+/m0/s1. The molecule has 6 nitrogen and oxygen atoms in total. The quantitative estimate of drug-likeness (QED) is 0.460. The molecule has 0 aliphatic carbocycles. The van der Waals surface area contributed by atoms with Gasteiger partial charge < -0.3 is 14.6 Å². The number of allylic oxidation sites excluding steroid dienone is 1. The molecule has 2 atom stereocenters. The van der Waals surface area contributed by atoms with Crippen molar-refractivity contribution in [2.45, 2.75) is 63.9 Å². The Hall–Kier alpha value is -2.93. The van der Waals surface area contributed by atoms with E-state index in [9.17, 15) is 19.5 Å². The highest BCUT2D eigenvalue weighted by Gasteiger charge is 2.35. The predicted octanol–water partition coefficient (Wildman–Crippen LogP) is 5.38. The van der Waals surface area contributed by atoms with Crippen molar-refractivity contribution in [2.24, 2.45) is 0 Å². The van der Waals surface area contributed by atoms with Crippen LogP contribution in [-0.4, -0.2) is 28.9 Å². The fraction of sp³-hybridized carbons (Fsp3) is 0.400. The summed E-state index contributed by atoms with van der Waals surface area (Å²) >= 11 is 1.50. The van der Waals surface area contributed by atoms with Crippen LogP contribution in [0.3, 0.4) is 0 Å². The van der Waals surface area contributed by atoms with Gasteiger partial charge in [-0.25, -0.2) is 4.79 Å². The van der Waals surface area contributed by atoms with E-state index in [2.05, 4.69) is 0 Å². The van der Waals surface area contributed by atoms with Gasteiger partial charge in [-0.2, -0.15) is 11.3 Å². The first-order chi connectivity index (χ1) is 15.4. The predicted molar refractivity (Wildman–Crippen MR) is 121 cm³/mol. The van der Waals surface area contributed by atoms with E-state index in [-0.39, 0.29) is 35.2 Å². The van der Waals surface area contributed by atoms with Crippen molar-refractivity contribution < 1.29 is 29.0 Å². The Labute approximate surface area is 190 Å². The van der Waals surface area contributed by atoms with E-state index < -0.39 is 18.0 Å². The van der Waals surface area contributed by atoms with Crippen LogP contribution >= 0.6 is 11.3 Å². The van der Waals surface area contributed by atoms with Gasteiger partial charge in [0.2, 0.25) is 0 Å². The first kappa shape index (κ1) is 22.3. The van der Waals surface area contributed by atoms with Crippen LogP contribution in [0.1, 0.15) is 84.8 Å². The van der Waals surface area contributed by atoms with Crippen molar-refractivity contribution in [1.29, 1.82) is 0 Å². The summed E-state index contributed by atoms with van der Waals surface area (Å²) in [6.07, 6.45) is 6.88. The van der Waals surface area contributed by atoms with Crippen molar-refractivity contribution in [3.8, 4) is 11.5 Å². The maximum absolute atomic E-state index is 13.1. The lowest BCUT2D eigenvalue weighted by molar-refractivity contribution is -0.135. The molecule has 3 heterocycles. The molecule has 32 heavy (non-hydrogen) atoms. The van der Waals surface area contributed by atoms with Crippen LogP contribution in [0, 0.1) is 0 Å². The Morgan fingerprint density at radius 2 is 1.97 bits per heavy atom. The van der Waals surface area contributed by atoms with Gasteiger partial charge in [0.15, 0.2) is 0 Å². The van der Waals surface area contributed by atoms with Crippen LogP contribution in [0.4, 0.5) is 0 Å². The third kappa shape index (κ3) is 4.78. The zero-order chi connectivity index (χ0) is 22.7. The molecule has 2 aliphatic heterocycles. The number of phenolic OH excluding ortho intramolecular Hbond substituents is 1. The molecular weight excluding hydrogens is 428 g/mol. The number of ether oxygens (including phenoxy) is 2. The van der Waals surface area contributed by atoms with Crippen LogP contribution in [0.5, 0.6) is 11.5 Å². The largest absolute Gasteiger partial charge is 0.507 e. The lowest BCUT2D eigenvalue weighted by Gasteiger charge is -2.27. The maximum Gasteiger partial charge on any atom is 0.342 e. The van der Waals surface area contributed by atoms with Crippen LogP contribution < -0.4 is 4.74 Å². The van der Waals surface area contributed by atoms with Crippen molar-refractivity contribution in [3.05, 3.63) is 51.2 Å². The number of ketones is 1. The van der Waals surface area contributed by atoms with Gasteiger partial charge in [0.1, 0.15) is 22.8 Å². The summed E-state index contributed by atoms with van der Waals surface area (Å²) in [5.41, 5.74) is 1.84. The lowest BCUT2D eigenvalue weighted by atomic mass is 9.84. The molecule has 1 aromatic heterocycles. The summed E-state index contributed by atoms with van der Waals surface area (Å²) in [6, 6.07) is 3.53. The molecule has 0 amide bonds. The second-order valence-corrected chi connectivity index (χ2v) is 9.11. The number of rotatable bonds is 1. The van der Waals surface area contributed by atoms with Gasteiger partial charge in [-0.15, -0.1) is 0 Å². The number of Topliss-reactive ketones (excluding diaryl/α,β-unsaturated/α-hetero) is 1. The number of fused-ring (bicyclic) bond motifs is 2. The van der Waals surface area contributed by atoms with Crippen LogP contribution in [0.25, 0.3) is 6.08 Å². The molecule has 1 N–H and O–H groups in total. The van der Waals surface area contributed by atoms with Crippen LogP contribution in [0.2, 0.25) is 0 Å². The average molecular weight is 455 g/mol. The molecule has 2 aliphatic rings. The number of aromatic hydroxyl groups is 1. The number of cyclic esters (lactones) is 1. The molecule has 168 valence electrons. The van der Waals surface area contributed by atoms with Gasteiger partial charge in [-0.3, -0.25) is 9.59 Å². The number of esters is 2. The zero-order valence-electron chi connectivity index (χ0n) is 18.0. The zero-order valence-corrected chi connectivity index (χ0v) is 18.8. The van der Waals surface area contributed by atoms with Gasteiger partial charge in [0, 0.05) is 24.3 Å². The Kier molecular flexibility index (Phi) is 6.74. The topological polar surface area (TPSA) is 89.9 Å². The Balaban J connectivity index is 1.79. The molecular formula is C25H26O6S. The smallest absolute Gasteiger partial charge is 0.342 e. The highest BCUT2D eigenvalue weighted by Crippen LogP contribution is 2.47. The van der Waals surface area contributed by atoms with Crippen molar-refractivity contribution in [1.82, 2.24) is 0 Å². The lowest BCUT2D eigenvalue weighted by Crippen LogP contribution is -2.23. The van der Waals surface area contributed by atoms with E-state index in [0.717, 1.165) is 12.0 Å². The van der Waals surface area contributed by atoms with Crippen molar-refractivity contribution in [2.75, 3.05) is 0 Å². The fourth-order valence-corrected chi connectivity index (χ4v) is 4.99. The minimum atomic E-state index is -0.623. The highest BCUT2D eigenvalue weighted by atomic mass is 32.1. The molecule has 4 rings (SSSR count). The minimum Gasteiger partial charge on any atom is -0.507 e. The van der Waals surface area contributed by atoms with Gasteiger partial charge in [-0.1, -0.05) is 12.2 Å². The van der Waals surface area contributed by atoms with Crippen LogP contribution in [-0.2, 0) is 14.3 Å². The van der Waals surface area contributed by atoms with Crippen molar-refractivity contribution >= 4 is 35.1 Å². The number of hydrogen-bond donors (Lipinski definition) is 1. The number of carbonyl (C=O) groups excluding carboxylic acids is 3. The minimum absolute atomic E-state index is 0.0816. The molecule has 0 unspecified atom stereocenters. The van der Waals surface area contributed by atoms with E-state index in [1.54, 1.807) is 19.1 Å². The number of benzene rings is 1.